The minimum absolute atomic E-state index is 0.122. The number of primary amides is 1. The van der Waals surface area contributed by atoms with E-state index in [1.54, 1.807) is 7.05 Å². The fourth-order valence-corrected chi connectivity index (χ4v) is 2.84. The molecular formula is C16H24N4O. The van der Waals surface area contributed by atoms with E-state index >= 15 is 0 Å². The molecule has 2 rings (SSSR count). The number of nitrogens with two attached hydrogens (primary N) is 1. The van der Waals surface area contributed by atoms with Crippen LogP contribution in [0.15, 0.2) is 24.3 Å². The Morgan fingerprint density at radius 1 is 1.48 bits per heavy atom. The summed E-state index contributed by atoms with van der Waals surface area (Å²) in [6, 6.07) is 8.21. The molecule has 114 valence electrons. The molecule has 0 saturated carbocycles. The van der Waals surface area contributed by atoms with Crippen molar-refractivity contribution in [2.24, 2.45) is 5.73 Å². The zero-order chi connectivity index (χ0) is 15.6. The van der Waals surface area contributed by atoms with Gasteiger partial charge in [-0.25, -0.2) is 4.98 Å². The molecule has 0 spiro atoms. The number of carbonyl (C=O) groups is 1. The highest BCUT2D eigenvalue weighted by Crippen LogP contribution is 2.27. The first-order chi connectivity index (χ1) is 9.92. The maximum absolute atomic E-state index is 11.7. The van der Waals surface area contributed by atoms with Gasteiger partial charge in [0.25, 0.3) is 0 Å². The predicted molar refractivity (Wildman–Crippen MR) is 85.1 cm³/mol. The third-order valence-corrected chi connectivity index (χ3v) is 4.23. The van der Waals surface area contributed by atoms with Crippen LogP contribution in [0.3, 0.4) is 0 Å². The summed E-state index contributed by atoms with van der Waals surface area (Å²) in [6.07, 6.45) is 1.47. The Morgan fingerprint density at radius 3 is 2.71 bits per heavy atom. The van der Waals surface area contributed by atoms with E-state index in [1.807, 2.05) is 25.1 Å². The number of aromatic nitrogens is 2. The highest BCUT2D eigenvalue weighted by atomic mass is 16.1. The molecule has 21 heavy (non-hydrogen) atoms. The van der Waals surface area contributed by atoms with Crippen LogP contribution in [0.4, 0.5) is 0 Å². The van der Waals surface area contributed by atoms with Gasteiger partial charge in [0, 0.05) is 12.5 Å². The summed E-state index contributed by atoms with van der Waals surface area (Å²) in [5.41, 5.74) is 6.91. The van der Waals surface area contributed by atoms with Crippen LogP contribution in [-0.2, 0) is 11.2 Å². The van der Waals surface area contributed by atoms with E-state index in [0.29, 0.717) is 6.42 Å². The van der Waals surface area contributed by atoms with Crippen molar-refractivity contribution in [2.45, 2.75) is 45.2 Å². The Morgan fingerprint density at radius 2 is 2.14 bits per heavy atom. The van der Waals surface area contributed by atoms with Crippen LogP contribution in [0, 0.1) is 0 Å². The number of benzene rings is 1. The van der Waals surface area contributed by atoms with Crippen LogP contribution < -0.4 is 11.1 Å². The van der Waals surface area contributed by atoms with Gasteiger partial charge in [-0.3, -0.25) is 4.79 Å². The first kappa shape index (κ1) is 15.5. The van der Waals surface area contributed by atoms with E-state index in [1.165, 1.54) is 0 Å². The number of rotatable bonds is 6. The van der Waals surface area contributed by atoms with E-state index < -0.39 is 5.54 Å². The number of carbonyl (C=O) groups excluding carboxylic acids is 1. The molecule has 2 aromatic rings. The van der Waals surface area contributed by atoms with Crippen LogP contribution in [0.25, 0.3) is 11.0 Å². The molecule has 5 nitrogen and oxygen atoms in total. The summed E-state index contributed by atoms with van der Waals surface area (Å²) in [5, 5.41) is 3.05. The number of fused-ring (bicyclic) bond motifs is 1. The topological polar surface area (TPSA) is 72.9 Å². The highest BCUT2D eigenvalue weighted by Gasteiger charge is 2.32. The molecule has 2 atom stereocenters. The molecule has 2 unspecified atom stereocenters. The van der Waals surface area contributed by atoms with Gasteiger partial charge in [0.2, 0.25) is 5.91 Å². The van der Waals surface area contributed by atoms with Gasteiger partial charge >= 0.3 is 0 Å². The van der Waals surface area contributed by atoms with Crippen molar-refractivity contribution in [2.75, 3.05) is 7.05 Å². The summed E-state index contributed by atoms with van der Waals surface area (Å²) in [7, 11) is 1.77. The van der Waals surface area contributed by atoms with Gasteiger partial charge in [-0.2, -0.15) is 0 Å². The largest absolute Gasteiger partial charge is 0.368 e. The van der Waals surface area contributed by atoms with Crippen molar-refractivity contribution < 1.29 is 4.79 Å². The number of aryl methyl sites for hydroxylation is 1. The molecule has 1 aromatic heterocycles. The number of amides is 1. The second kappa shape index (κ2) is 5.85. The molecule has 1 amide bonds. The lowest BCUT2D eigenvalue weighted by atomic mass is 9.92. The molecule has 3 N–H and O–H groups in total. The fourth-order valence-electron chi connectivity index (χ4n) is 2.84. The van der Waals surface area contributed by atoms with Crippen molar-refractivity contribution in [3.8, 4) is 0 Å². The summed E-state index contributed by atoms with van der Waals surface area (Å²) in [5.74, 6) is 0.700. The lowest BCUT2D eigenvalue weighted by Gasteiger charge is -2.30. The van der Waals surface area contributed by atoms with E-state index in [-0.39, 0.29) is 11.9 Å². The zero-order valence-electron chi connectivity index (χ0n) is 13.2. The average Bonchev–Trinajstić information content (AvgIpc) is 2.85. The minimum Gasteiger partial charge on any atom is -0.368 e. The Balaban J connectivity index is 2.43. The molecule has 0 saturated heterocycles. The third kappa shape index (κ3) is 2.78. The standard InChI is InChI=1S/C16H24N4O/c1-5-14-19-12-8-6-7-9-13(12)20(14)11(2)10-16(3,18-4)15(17)21/h6-9,11,18H,5,10H2,1-4H3,(H2,17,21). The first-order valence-electron chi connectivity index (χ1n) is 7.37. The third-order valence-electron chi connectivity index (χ3n) is 4.23. The van der Waals surface area contributed by atoms with Gasteiger partial charge in [0.1, 0.15) is 5.82 Å². The van der Waals surface area contributed by atoms with E-state index in [4.69, 9.17) is 5.73 Å². The van der Waals surface area contributed by atoms with Crippen molar-refractivity contribution in [3.63, 3.8) is 0 Å². The Labute approximate surface area is 125 Å². The SMILES string of the molecule is CCc1nc2ccccc2n1C(C)CC(C)(NC)C(N)=O. The van der Waals surface area contributed by atoms with Crippen LogP contribution in [0.5, 0.6) is 0 Å². The fraction of sp³-hybridized carbons (Fsp3) is 0.500. The zero-order valence-corrected chi connectivity index (χ0v) is 13.2. The lowest BCUT2D eigenvalue weighted by Crippen LogP contribution is -2.52. The van der Waals surface area contributed by atoms with Crippen LogP contribution in [-0.4, -0.2) is 28.0 Å². The Bertz CT molecular complexity index is 649. The normalized spacial score (nSPS) is 15.8. The number of hydrogen-bond acceptors (Lipinski definition) is 3. The molecule has 0 aliphatic rings. The molecule has 0 aliphatic carbocycles. The Kier molecular flexibility index (Phi) is 4.32. The number of likely N-dealkylation sites (N-methyl/N-ethyl adjacent to an activating group) is 1. The Hall–Kier alpha value is -1.88. The molecule has 1 aromatic carbocycles. The van der Waals surface area contributed by atoms with Gasteiger partial charge in [-0.15, -0.1) is 0 Å². The molecule has 1 heterocycles. The number of nitrogens with zero attached hydrogens (tertiary/aromatic N) is 2. The smallest absolute Gasteiger partial charge is 0.237 e. The molecular weight excluding hydrogens is 264 g/mol. The second-order valence-electron chi connectivity index (χ2n) is 5.74. The predicted octanol–water partition coefficient (Wildman–Crippen LogP) is 2.01. The molecule has 0 aliphatic heterocycles. The summed E-state index contributed by atoms with van der Waals surface area (Å²) in [4.78, 5) is 16.4. The maximum atomic E-state index is 11.7. The van der Waals surface area contributed by atoms with Gasteiger partial charge in [-0.1, -0.05) is 19.1 Å². The number of nitrogens with one attached hydrogen (secondary N) is 1. The van der Waals surface area contributed by atoms with E-state index in [2.05, 4.69) is 34.8 Å². The van der Waals surface area contributed by atoms with Gasteiger partial charge in [0.05, 0.1) is 16.6 Å². The monoisotopic (exact) mass is 288 g/mol. The summed E-state index contributed by atoms with van der Waals surface area (Å²) >= 11 is 0. The molecule has 0 radical (unpaired) electrons. The number of imidazole rings is 1. The molecule has 0 bridgehead atoms. The highest BCUT2D eigenvalue weighted by molar-refractivity contribution is 5.84. The van der Waals surface area contributed by atoms with Crippen LogP contribution in [0.2, 0.25) is 0 Å². The number of hydrogen-bond donors (Lipinski definition) is 2. The van der Waals surface area contributed by atoms with Gasteiger partial charge in [-0.05, 0) is 39.4 Å². The van der Waals surface area contributed by atoms with Gasteiger partial charge < -0.3 is 15.6 Å². The number of para-hydroxylation sites is 2. The summed E-state index contributed by atoms with van der Waals surface area (Å²) < 4.78 is 2.22. The second-order valence-corrected chi connectivity index (χ2v) is 5.74. The van der Waals surface area contributed by atoms with Crippen molar-refractivity contribution in [1.82, 2.24) is 14.9 Å². The quantitative estimate of drug-likeness (QED) is 0.854. The lowest BCUT2D eigenvalue weighted by molar-refractivity contribution is -0.124. The maximum Gasteiger partial charge on any atom is 0.237 e. The first-order valence-corrected chi connectivity index (χ1v) is 7.37. The average molecular weight is 288 g/mol. The summed E-state index contributed by atoms with van der Waals surface area (Å²) in [6.45, 7) is 6.04. The minimum atomic E-state index is -0.726. The van der Waals surface area contributed by atoms with Crippen molar-refractivity contribution in [3.05, 3.63) is 30.1 Å². The van der Waals surface area contributed by atoms with Crippen molar-refractivity contribution in [1.29, 1.82) is 0 Å². The van der Waals surface area contributed by atoms with Crippen LogP contribution in [0.1, 0.15) is 39.1 Å². The van der Waals surface area contributed by atoms with Crippen LogP contribution >= 0.6 is 0 Å². The van der Waals surface area contributed by atoms with E-state index in [0.717, 1.165) is 23.3 Å². The van der Waals surface area contributed by atoms with Gasteiger partial charge in [0.15, 0.2) is 0 Å². The van der Waals surface area contributed by atoms with Crippen molar-refractivity contribution >= 4 is 16.9 Å². The molecule has 5 heteroatoms. The molecule has 0 fully saturated rings. The van der Waals surface area contributed by atoms with E-state index in [9.17, 15) is 4.79 Å².